The van der Waals surface area contributed by atoms with Crippen LogP contribution in [0.1, 0.15) is 37.6 Å². The summed E-state index contributed by atoms with van der Waals surface area (Å²) in [4.78, 5) is 4.28. The van der Waals surface area contributed by atoms with Crippen LogP contribution in [0.25, 0.3) is 17.1 Å². The number of aryl methyl sites for hydroxylation is 1. The summed E-state index contributed by atoms with van der Waals surface area (Å²) in [6, 6.07) is 7.30. The molecule has 3 aromatic rings. The van der Waals surface area contributed by atoms with Crippen LogP contribution in [-0.2, 0) is 20.3 Å². The fraction of sp³-hybridized carbons (Fsp3) is 0.480. The normalized spacial score (nSPS) is 15.9. The van der Waals surface area contributed by atoms with Crippen LogP contribution in [0.3, 0.4) is 0 Å². The molecule has 1 aliphatic rings. The molecule has 0 aliphatic heterocycles. The summed E-state index contributed by atoms with van der Waals surface area (Å²) in [5.41, 5.74) is 2.17. The number of para-hydroxylation sites is 1. The minimum atomic E-state index is -3.64. The first-order chi connectivity index (χ1) is 16.8. The van der Waals surface area contributed by atoms with Crippen molar-refractivity contribution < 1.29 is 22.6 Å². The minimum Gasteiger partial charge on any atom is -0.494 e. The van der Waals surface area contributed by atoms with Crippen LogP contribution in [0, 0.1) is 12.8 Å². The molecule has 1 fully saturated rings. The number of benzene rings is 1. The molecule has 10 heteroatoms. The van der Waals surface area contributed by atoms with Crippen LogP contribution in [0.15, 0.2) is 36.7 Å². The van der Waals surface area contributed by atoms with E-state index in [-0.39, 0.29) is 23.6 Å². The number of aromatic nitrogens is 4. The number of ether oxygens (including phenoxy) is 3. The SMILES string of the molecule is COc1cccc(OC)c1-n1c(CS(=O)(=O)[C@H](C)[C@@H](OC)C2CCC2)nnc1-c1cncc(C)c1. The quantitative estimate of drug-likeness (QED) is 0.414. The number of hydrogen-bond acceptors (Lipinski definition) is 8. The molecule has 2 atom stereocenters. The van der Waals surface area contributed by atoms with Gasteiger partial charge in [-0.15, -0.1) is 10.2 Å². The van der Waals surface area contributed by atoms with Crippen molar-refractivity contribution in [1.82, 2.24) is 19.7 Å². The summed E-state index contributed by atoms with van der Waals surface area (Å²) in [6.07, 6.45) is 6.13. The van der Waals surface area contributed by atoms with Gasteiger partial charge in [0.05, 0.1) is 25.6 Å². The molecule has 1 aromatic carbocycles. The van der Waals surface area contributed by atoms with Gasteiger partial charge in [-0.25, -0.2) is 8.42 Å². The van der Waals surface area contributed by atoms with Crippen molar-refractivity contribution in [3.05, 3.63) is 48.0 Å². The number of nitrogens with zero attached hydrogens (tertiary/aromatic N) is 4. The molecule has 0 amide bonds. The zero-order valence-corrected chi connectivity index (χ0v) is 21.6. The fourth-order valence-corrected chi connectivity index (χ4v) is 6.16. The molecule has 0 unspecified atom stereocenters. The Balaban J connectivity index is 1.85. The molecule has 2 heterocycles. The van der Waals surface area contributed by atoms with E-state index < -0.39 is 15.1 Å². The summed E-state index contributed by atoms with van der Waals surface area (Å²) in [6.45, 7) is 3.65. The van der Waals surface area contributed by atoms with Crippen molar-refractivity contribution in [1.29, 1.82) is 0 Å². The summed E-state index contributed by atoms with van der Waals surface area (Å²) < 4.78 is 45.8. The maximum atomic E-state index is 13.6. The molecule has 4 rings (SSSR count). The molecule has 9 nitrogen and oxygen atoms in total. The predicted octanol–water partition coefficient (Wildman–Crippen LogP) is 3.77. The van der Waals surface area contributed by atoms with Crippen LogP contribution in [0.4, 0.5) is 0 Å². The zero-order valence-electron chi connectivity index (χ0n) is 20.8. The third-order valence-electron chi connectivity index (χ3n) is 6.73. The Bertz CT molecular complexity index is 1260. The Kier molecular flexibility index (Phi) is 7.42. The lowest BCUT2D eigenvalue weighted by molar-refractivity contribution is 0.0193. The van der Waals surface area contributed by atoms with Gasteiger partial charge < -0.3 is 14.2 Å². The van der Waals surface area contributed by atoms with Gasteiger partial charge in [-0.05, 0) is 56.4 Å². The highest BCUT2D eigenvalue weighted by Crippen LogP contribution is 2.38. The van der Waals surface area contributed by atoms with Crippen LogP contribution >= 0.6 is 0 Å². The van der Waals surface area contributed by atoms with Crippen molar-refractivity contribution in [2.45, 2.75) is 50.2 Å². The number of pyridine rings is 1. The third kappa shape index (κ3) is 4.90. The Morgan fingerprint density at radius 2 is 1.77 bits per heavy atom. The van der Waals surface area contributed by atoms with E-state index in [9.17, 15) is 8.42 Å². The summed E-state index contributed by atoms with van der Waals surface area (Å²) in [5.74, 6) is 1.66. The van der Waals surface area contributed by atoms with E-state index in [4.69, 9.17) is 14.2 Å². The topological polar surface area (TPSA) is 105 Å². The van der Waals surface area contributed by atoms with Gasteiger partial charge in [0.25, 0.3) is 0 Å². The Labute approximate surface area is 206 Å². The number of hydrogen-bond donors (Lipinski definition) is 0. The molecule has 2 aromatic heterocycles. The smallest absolute Gasteiger partial charge is 0.170 e. The average molecular weight is 501 g/mol. The van der Waals surface area contributed by atoms with Crippen molar-refractivity contribution in [2.75, 3.05) is 21.3 Å². The highest BCUT2D eigenvalue weighted by atomic mass is 32.2. The highest BCUT2D eigenvalue weighted by molar-refractivity contribution is 7.91. The van der Waals surface area contributed by atoms with Gasteiger partial charge >= 0.3 is 0 Å². The lowest BCUT2D eigenvalue weighted by Gasteiger charge is -2.36. The van der Waals surface area contributed by atoms with Gasteiger partial charge in [0.2, 0.25) is 0 Å². The van der Waals surface area contributed by atoms with E-state index >= 15 is 0 Å². The van der Waals surface area contributed by atoms with Gasteiger partial charge in [-0.2, -0.15) is 0 Å². The van der Waals surface area contributed by atoms with Crippen molar-refractivity contribution in [2.24, 2.45) is 5.92 Å². The third-order valence-corrected chi connectivity index (χ3v) is 8.80. The van der Waals surface area contributed by atoms with Gasteiger partial charge in [0, 0.05) is 25.1 Å². The summed E-state index contributed by atoms with van der Waals surface area (Å²) >= 11 is 0. The number of methoxy groups -OCH3 is 3. The second-order valence-electron chi connectivity index (χ2n) is 8.94. The van der Waals surface area contributed by atoms with E-state index in [0.717, 1.165) is 24.8 Å². The standard InChI is InChI=1S/C25H32N4O5S/c1-16-12-19(14-26-13-16)25-28-27-22(29(25)23-20(32-3)10-7-11-21(23)33-4)15-35(30,31)17(2)24(34-5)18-8-6-9-18/h7,10-14,17-18,24H,6,8-9,15H2,1-5H3/t17-,24-/m1/s1. The summed E-state index contributed by atoms with van der Waals surface area (Å²) in [7, 11) is 1.05. The molecular formula is C25H32N4O5S. The van der Waals surface area contributed by atoms with E-state index in [1.165, 1.54) is 0 Å². The van der Waals surface area contributed by atoms with E-state index in [1.54, 1.807) is 63.4 Å². The fourth-order valence-electron chi connectivity index (χ4n) is 4.61. The number of rotatable bonds is 10. The molecule has 0 N–H and O–H groups in total. The Hall–Kier alpha value is -2.98. The molecule has 0 saturated heterocycles. The average Bonchev–Trinajstić information content (AvgIpc) is 3.22. The highest BCUT2D eigenvalue weighted by Gasteiger charge is 2.39. The first-order valence-electron chi connectivity index (χ1n) is 11.6. The van der Waals surface area contributed by atoms with Crippen LogP contribution in [0.2, 0.25) is 0 Å². The Morgan fingerprint density at radius 3 is 2.31 bits per heavy atom. The maximum Gasteiger partial charge on any atom is 0.170 e. The molecule has 1 saturated carbocycles. The van der Waals surface area contributed by atoms with Crippen molar-refractivity contribution >= 4 is 9.84 Å². The van der Waals surface area contributed by atoms with Gasteiger partial charge in [0.15, 0.2) is 21.5 Å². The minimum absolute atomic E-state index is 0.255. The second-order valence-corrected chi connectivity index (χ2v) is 11.3. The van der Waals surface area contributed by atoms with E-state index in [0.29, 0.717) is 28.6 Å². The first-order valence-corrected chi connectivity index (χ1v) is 13.3. The second kappa shape index (κ2) is 10.3. The predicted molar refractivity (Wildman–Crippen MR) is 133 cm³/mol. The van der Waals surface area contributed by atoms with Crippen molar-refractivity contribution in [3.63, 3.8) is 0 Å². The van der Waals surface area contributed by atoms with Crippen LogP contribution in [-0.4, -0.2) is 60.8 Å². The number of sulfone groups is 1. The zero-order chi connectivity index (χ0) is 25.2. The molecule has 1 aliphatic carbocycles. The molecule has 0 spiro atoms. The van der Waals surface area contributed by atoms with Crippen molar-refractivity contribution in [3.8, 4) is 28.6 Å². The molecule has 188 valence electrons. The monoisotopic (exact) mass is 500 g/mol. The van der Waals surface area contributed by atoms with Gasteiger partial charge in [-0.1, -0.05) is 12.5 Å². The molecule has 0 radical (unpaired) electrons. The lowest BCUT2D eigenvalue weighted by Crippen LogP contribution is -2.42. The molecule has 0 bridgehead atoms. The van der Waals surface area contributed by atoms with Gasteiger partial charge in [0.1, 0.15) is 22.9 Å². The van der Waals surface area contributed by atoms with Gasteiger partial charge in [-0.3, -0.25) is 9.55 Å². The van der Waals surface area contributed by atoms with E-state index in [1.807, 2.05) is 13.0 Å². The first kappa shape index (κ1) is 25.1. The van der Waals surface area contributed by atoms with E-state index in [2.05, 4.69) is 15.2 Å². The Morgan fingerprint density at radius 1 is 1.09 bits per heavy atom. The maximum absolute atomic E-state index is 13.6. The summed E-state index contributed by atoms with van der Waals surface area (Å²) in [5, 5.41) is 8.04. The van der Waals surface area contributed by atoms with Crippen LogP contribution in [0.5, 0.6) is 11.5 Å². The molecular weight excluding hydrogens is 468 g/mol. The largest absolute Gasteiger partial charge is 0.494 e. The lowest BCUT2D eigenvalue weighted by atomic mass is 9.80. The molecule has 35 heavy (non-hydrogen) atoms. The van der Waals surface area contributed by atoms with Crippen LogP contribution < -0.4 is 9.47 Å².